The molecule has 0 radical (unpaired) electrons. The number of ether oxygens (including phenoxy) is 2. The van der Waals surface area contributed by atoms with Gasteiger partial charge in [0.25, 0.3) is 0 Å². The van der Waals surface area contributed by atoms with E-state index < -0.39 is 0 Å². The number of nitrogens with zero attached hydrogens (tertiary/aromatic N) is 2. The van der Waals surface area contributed by atoms with Crippen LogP contribution in [-0.2, 0) is 11.3 Å². The van der Waals surface area contributed by atoms with E-state index in [9.17, 15) is 0 Å². The molecule has 2 rings (SSSR count). The Labute approximate surface area is 185 Å². The normalized spacial score (nSPS) is 16.4. The van der Waals surface area contributed by atoms with Crippen molar-refractivity contribution in [2.24, 2.45) is 4.99 Å². The van der Waals surface area contributed by atoms with Gasteiger partial charge in [0.15, 0.2) is 5.96 Å². The summed E-state index contributed by atoms with van der Waals surface area (Å²) in [6.45, 7) is 8.46. The van der Waals surface area contributed by atoms with Crippen LogP contribution in [0.15, 0.2) is 29.3 Å². The molecule has 1 aromatic carbocycles. The van der Waals surface area contributed by atoms with E-state index in [1.54, 1.807) is 7.11 Å². The summed E-state index contributed by atoms with van der Waals surface area (Å²) in [4.78, 5) is 7.17. The molecule has 0 spiro atoms. The topological polar surface area (TPSA) is 46.1 Å². The van der Waals surface area contributed by atoms with Gasteiger partial charge in [-0.05, 0) is 31.6 Å². The maximum absolute atomic E-state index is 5.58. The highest BCUT2D eigenvalue weighted by Crippen LogP contribution is 2.35. The number of aliphatic imine (C=N–C) groups is 1. The predicted octanol–water partition coefficient (Wildman–Crippen LogP) is 4.01. The van der Waals surface area contributed by atoms with Crippen LogP contribution in [0.2, 0.25) is 0 Å². The predicted molar refractivity (Wildman–Crippen MR) is 127 cm³/mol. The Bertz CT molecular complexity index is 575. The van der Waals surface area contributed by atoms with Crippen LogP contribution in [-0.4, -0.2) is 61.8 Å². The Morgan fingerprint density at radius 2 is 2.00 bits per heavy atom. The third-order valence-electron chi connectivity index (χ3n) is 4.67. The monoisotopic (exact) mass is 507 g/mol. The highest BCUT2D eigenvalue weighted by atomic mass is 127. The maximum Gasteiger partial charge on any atom is 0.194 e. The highest BCUT2D eigenvalue weighted by molar-refractivity contribution is 14.0. The van der Waals surface area contributed by atoms with Gasteiger partial charge in [-0.1, -0.05) is 25.1 Å². The van der Waals surface area contributed by atoms with Crippen LogP contribution in [0.1, 0.15) is 32.3 Å². The summed E-state index contributed by atoms with van der Waals surface area (Å²) in [6.07, 6.45) is 2.15. The van der Waals surface area contributed by atoms with Crippen molar-refractivity contribution < 1.29 is 9.47 Å². The zero-order valence-corrected chi connectivity index (χ0v) is 20.1. The van der Waals surface area contributed by atoms with Gasteiger partial charge in [0.1, 0.15) is 5.75 Å². The van der Waals surface area contributed by atoms with Crippen LogP contribution in [0.25, 0.3) is 0 Å². The van der Waals surface area contributed by atoms with E-state index in [1.165, 1.54) is 0 Å². The summed E-state index contributed by atoms with van der Waals surface area (Å²) in [6, 6.07) is 8.15. The zero-order valence-electron chi connectivity index (χ0n) is 17.0. The molecule has 1 N–H and O–H groups in total. The zero-order chi connectivity index (χ0) is 18.8. The van der Waals surface area contributed by atoms with Crippen molar-refractivity contribution in [3.63, 3.8) is 0 Å². The fourth-order valence-corrected chi connectivity index (χ4v) is 4.47. The smallest absolute Gasteiger partial charge is 0.194 e. The van der Waals surface area contributed by atoms with Gasteiger partial charge in [0.2, 0.25) is 0 Å². The molecule has 0 aliphatic carbocycles. The minimum atomic E-state index is 0. The summed E-state index contributed by atoms with van der Waals surface area (Å²) in [5, 5.41) is 3.43. The van der Waals surface area contributed by atoms with E-state index in [0.29, 0.717) is 0 Å². The molecule has 0 atom stereocenters. The first-order chi connectivity index (χ1) is 12.6. The average molecular weight is 507 g/mol. The molecule has 1 fully saturated rings. The first-order valence-electron chi connectivity index (χ1n) is 9.47. The molecule has 154 valence electrons. The number of rotatable bonds is 8. The number of para-hydroxylation sites is 1. The fraction of sp³-hybridized carbons (Fsp3) is 0.650. The van der Waals surface area contributed by atoms with E-state index in [-0.39, 0.29) is 28.7 Å². The average Bonchev–Trinajstić information content (AvgIpc) is 2.66. The Balaban J connectivity index is 0.00000364. The number of halogens is 1. The Kier molecular flexibility index (Phi) is 11.5. The molecule has 0 bridgehead atoms. The number of nitrogens with one attached hydrogen (secondary N) is 1. The fourth-order valence-electron chi connectivity index (χ4n) is 3.25. The second kappa shape index (κ2) is 12.7. The number of guanidine groups is 1. The number of benzene rings is 1. The number of hydrogen-bond acceptors (Lipinski definition) is 4. The standard InChI is InChI=1S/C20H33N3O2S.HI/c1-5-21-19(22-16-20(26-6-2)11-13-25-14-12-20)23(3)15-17-9-7-8-10-18(17)24-4;/h7-10H,5-6,11-16H2,1-4H3,(H,21,22);1H. The van der Waals surface area contributed by atoms with E-state index >= 15 is 0 Å². The van der Waals surface area contributed by atoms with Crippen molar-refractivity contribution in [1.82, 2.24) is 10.2 Å². The molecule has 27 heavy (non-hydrogen) atoms. The van der Waals surface area contributed by atoms with Crippen LogP contribution in [0.4, 0.5) is 0 Å². The molecule has 0 amide bonds. The van der Waals surface area contributed by atoms with Crippen molar-refractivity contribution in [3.8, 4) is 5.75 Å². The van der Waals surface area contributed by atoms with Gasteiger partial charge in [-0.3, -0.25) is 4.99 Å². The molecule has 5 nitrogen and oxygen atoms in total. The van der Waals surface area contributed by atoms with E-state index in [2.05, 4.69) is 37.2 Å². The van der Waals surface area contributed by atoms with E-state index in [0.717, 1.165) is 68.7 Å². The number of thioether (sulfide) groups is 1. The third-order valence-corrected chi connectivity index (χ3v) is 6.11. The van der Waals surface area contributed by atoms with Crippen molar-refractivity contribution in [2.75, 3.05) is 46.2 Å². The molecule has 1 heterocycles. The first kappa shape index (κ1) is 24.4. The van der Waals surface area contributed by atoms with Crippen LogP contribution in [0.5, 0.6) is 5.75 Å². The van der Waals surface area contributed by atoms with Gasteiger partial charge < -0.3 is 19.7 Å². The van der Waals surface area contributed by atoms with Crippen LogP contribution in [0.3, 0.4) is 0 Å². The number of methoxy groups -OCH3 is 1. The summed E-state index contributed by atoms with van der Waals surface area (Å²) in [5.41, 5.74) is 1.16. The molecular weight excluding hydrogens is 473 g/mol. The molecule has 1 aliphatic heterocycles. The second-order valence-corrected chi connectivity index (χ2v) is 8.30. The van der Waals surface area contributed by atoms with Gasteiger partial charge in [-0.2, -0.15) is 11.8 Å². The summed E-state index contributed by atoms with van der Waals surface area (Å²) in [5.74, 6) is 2.97. The molecule has 1 saturated heterocycles. The van der Waals surface area contributed by atoms with Crippen molar-refractivity contribution in [1.29, 1.82) is 0 Å². The lowest BCUT2D eigenvalue weighted by Gasteiger charge is -2.35. The molecule has 0 unspecified atom stereocenters. The Hall–Kier alpha value is -0.670. The van der Waals surface area contributed by atoms with Crippen LogP contribution in [0, 0.1) is 0 Å². The molecule has 1 aliphatic rings. The quantitative estimate of drug-likeness (QED) is 0.327. The molecule has 7 heteroatoms. The largest absolute Gasteiger partial charge is 0.496 e. The van der Waals surface area contributed by atoms with Gasteiger partial charge in [0, 0.05) is 43.7 Å². The Morgan fingerprint density at radius 3 is 2.63 bits per heavy atom. The Morgan fingerprint density at radius 1 is 1.30 bits per heavy atom. The van der Waals surface area contributed by atoms with Gasteiger partial charge in [-0.15, -0.1) is 24.0 Å². The van der Waals surface area contributed by atoms with Gasteiger partial charge >= 0.3 is 0 Å². The summed E-state index contributed by atoms with van der Waals surface area (Å²) < 4.78 is 11.3. The molecular formula is C20H34IN3O2S. The highest BCUT2D eigenvalue weighted by Gasteiger charge is 2.32. The SMILES string of the molecule is CCNC(=NCC1(SCC)CCOCC1)N(C)Cc1ccccc1OC.I. The van der Waals surface area contributed by atoms with E-state index in [4.69, 9.17) is 14.5 Å². The lowest BCUT2D eigenvalue weighted by atomic mass is 9.99. The molecule has 0 saturated carbocycles. The third kappa shape index (κ3) is 7.34. The maximum atomic E-state index is 5.58. The molecule has 0 aromatic heterocycles. The van der Waals surface area contributed by atoms with Crippen LogP contribution < -0.4 is 10.1 Å². The minimum absolute atomic E-state index is 0. The summed E-state index contributed by atoms with van der Waals surface area (Å²) >= 11 is 2.03. The molecule has 1 aromatic rings. The van der Waals surface area contributed by atoms with Crippen molar-refractivity contribution in [3.05, 3.63) is 29.8 Å². The van der Waals surface area contributed by atoms with Crippen molar-refractivity contribution in [2.45, 2.75) is 38.0 Å². The van der Waals surface area contributed by atoms with Gasteiger partial charge in [-0.25, -0.2) is 0 Å². The summed E-state index contributed by atoms with van der Waals surface area (Å²) in [7, 11) is 3.80. The van der Waals surface area contributed by atoms with E-state index in [1.807, 2.05) is 30.0 Å². The van der Waals surface area contributed by atoms with Crippen molar-refractivity contribution >= 4 is 41.7 Å². The van der Waals surface area contributed by atoms with Gasteiger partial charge in [0.05, 0.1) is 13.7 Å². The first-order valence-corrected chi connectivity index (χ1v) is 10.5. The minimum Gasteiger partial charge on any atom is -0.496 e. The lowest BCUT2D eigenvalue weighted by molar-refractivity contribution is 0.0793. The number of hydrogen-bond donors (Lipinski definition) is 1. The van der Waals surface area contributed by atoms with Crippen LogP contribution >= 0.6 is 35.7 Å². The second-order valence-electron chi connectivity index (χ2n) is 6.57. The lowest BCUT2D eigenvalue weighted by Crippen LogP contribution is -2.41.